The summed E-state index contributed by atoms with van der Waals surface area (Å²) in [5.74, 6) is -0.434. The molecule has 0 aliphatic rings. The average Bonchev–Trinajstić information content (AvgIpc) is 3.10. The van der Waals surface area contributed by atoms with Crippen molar-refractivity contribution in [1.82, 2.24) is 25.1 Å². The molecule has 1 unspecified atom stereocenters. The number of para-hydroxylation sites is 2. The fraction of sp³-hybridized carbons (Fsp3) is 0.200. The molecule has 2 aromatic carbocycles. The van der Waals surface area contributed by atoms with Crippen molar-refractivity contribution in [1.29, 1.82) is 0 Å². The Bertz CT molecular complexity index is 1240. The van der Waals surface area contributed by atoms with Gasteiger partial charge in [-0.2, -0.15) is 0 Å². The molecule has 0 aliphatic heterocycles. The molecule has 1 atom stereocenters. The lowest BCUT2D eigenvalue weighted by Crippen LogP contribution is -2.28. The second-order valence-electron chi connectivity index (χ2n) is 6.71. The second kappa shape index (κ2) is 6.35. The Morgan fingerprint density at radius 1 is 1.15 bits per heavy atom. The maximum absolute atomic E-state index is 12.8. The predicted octanol–water partition coefficient (Wildman–Crippen LogP) is 2.68. The van der Waals surface area contributed by atoms with Crippen LogP contribution in [0, 0.1) is 13.8 Å². The molecule has 0 aliphatic carbocycles. The van der Waals surface area contributed by atoms with Crippen LogP contribution in [-0.4, -0.2) is 25.7 Å². The lowest BCUT2D eigenvalue weighted by atomic mass is 10.0. The van der Waals surface area contributed by atoms with Gasteiger partial charge in [0, 0.05) is 0 Å². The number of fused-ring (bicyclic) bond motifs is 3. The molecule has 0 fully saturated rings. The highest BCUT2D eigenvalue weighted by atomic mass is 16.2. The lowest BCUT2D eigenvalue weighted by molar-refractivity contribution is 0.0936. The van der Waals surface area contributed by atoms with E-state index in [0.717, 1.165) is 11.1 Å². The highest BCUT2D eigenvalue weighted by molar-refractivity contribution is 5.99. The number of carbonyl (C=O) groups excluding carboxylic acids is 1. The SMILES string of the molecule is Cc1ccc(C(C)NC(=O)c2nnn3c2c(=O)[nH]c2ccccc23)cc1C. The summed E-state index contributed by atoms with van der Waals surface area (Å²) in [5, 5.41) is 10.9. The maximum Gasteiger partial charge on any atom is 0.277 e. The molecule has 7 nitrogen and oxygen atoms in total. The van der Waals surface area contributed by atoms with Crippen LogP contribution in [0.25, 0.3) is 16.6 Å². The monoisotopic (exact) mass is 361 g/mol. The number of aromatic amines is 1. The molecule has 136 valence electrons. The van der Waals surface area contributed by atoms with Gasteiger partial charge < -0.3 is 10.3 Å². The van der Waals surface area contributed by atoms with Crippen molar-refractivity contribution < 1.29 is 4.79 Å². The third-order valence-corrected chi connectivity index (χ3v) is 4.86. The van der Waals surface area contributed by atoms with Gasteiger partial charge in [-0.05, 0) is 49.6 Å². The molecule has 2 N–H and O–H groups in total. The molecule has 7 heteroatoms. The van der Waals surface area contributed by atoms with E-state index in [4.69, 9.17) is 0 Å². The molecule has 4 rings (SSSR count). The Kier molecular flexibility index (Phi) is 3.99. The Morgan fingerprint density at radius 2 is 1.93 bits per heavy atom. The second-order valence-corrected chi connectivity index (χ2v) is 6.71. The Morgan fingerprint density at radius 3 is 2.70 bits per heavy atom. The van der Waals surface area contributed by atoms with Crippen LogP contribution < -0.4 is 10.9 Å². The molecule has 27 heavy (non-hydrogen) atoms. The number of H-pyrrole nitrogens is 1. The Hall–Kier alpha value is -3.48. The quantitative estimate of drug-likeness (QED) is 0.587. The zero-order chi connectivity index (χ0) is 19.1. The third-order valence-electron chi connectivity index (χ3n) is 4.86. The van der Waals surface area contributed by atoms with Crippen molar-refractivity contribution in [3.05, 3.63) is 75.2 Å². The number of hydrogen-bond acceptors (Lipinski definition) is 4. The first-order valence-corrected chi connectivity index (χ1v) is 8.70. The summed E-state index contributed by atoms with van der Waals surface area (Å²) in [6, 6.07) is 13.1. The van der Waals surface area contributed by atoms with E-state index in [2.05, 4.69) is 20.6 Å². The summed E-state index contributed by atoms with van der Waals surface area (Å²) in [7, 11) is 0. The lowest BCUT2D eigenvalue weighted by Gasteiger charge is -2.15. The normalized spacial score (nSPS) is 12.4. The van der Waals surface area contributed by atoms with Crippen LogP contribution in [0.2, 0.25) is 0 Å². The van der Waals surface area contributed by atoms with Gasteiger partial charge in [-0.1, -0.05) is 35.5 Å². The van der Waals surface area contributed by atoms with Gasteiger partial charge in [0.2, 0.25) is 0 Å². The molecule has 2 aromatic heterocycles. The first-order valence-electron chi connectivity index (χ1n) is 8.70. The molecular formula is C20H19N5O2. The van der Waals surface area contributed by atoms with Crippen LogP contribution in [0.3, 0.4) is 0 Å². The summed E-state index contributed by atoms with van der Waals surface area (Å²) < 4.78 is 1.41. The molecule has 1 amide bonds. The molecule has 0 saturated heterocycles. The number of hydrogen-bond donors (Lipinski definition) is 2. The van der Waals surface area contributed by atoms with Gasteiger partial charge in [-0.3, -0.25) is 9.59 Å². The summed E-state index contributed by atoms with van der Waals surface area (Å²) in [6.45, 7) is 5.97. The largest absolute Gasteiger partial charge is 0.344 e. The molecular weight excluding hydrogens is 342 g/mol. The number of nitrogens with zero attached hydrogens (tertiary/aromatic N) is 3. The molecule has 0 bridgehead atoms. The van der Waals surface area contributed by atoms with E-state index in [1.807, 2.05) is 57.2 Å². The van der Waals surface area contributed by atoms with E-state index >= 15 is 0 Å². The van der Waals surface area contributed by atoms with E-state index in [1.54, 1.807) is 6.07 Å². The van der Waals surface area contributed by atoms with E-state index in [9.17, 15) is 9.59 Å². The zero-order valence-corrected chi connectivity index (χ0v) is 15.3. The van der Waals surface area contributed by atoms with Gasteiger partial charge in [-0.15, -0.1) is 5.10 Å². The molecule has 4 aromatic rings. The van der Waals surface area contributed by atoms with E-state index in [-0.39, 0.29) is 17.3 Å². The number of carbonyl (C=O) groups is 1. The van der Waals surface area contributed by atoms with Crippen molar-refractivity contribution in [2.75, 3.05) is 0 Å². The van der Waals surface area contributed by atoms with Crippen LogP contribution in [0.5, 0.6) is 0 Å². The highest BCUT2D eigenvalue weighted by Crippen LogP contribution is 2.18. The van der Waals surface area contributed by atoms with Crippen molar-refractivity contribution in [3.8, 4) is 0 Å². The minimum atomic E-state index is -0.434. The number of benzene rings is 2. The van der Waals surface area contributed by atoms with E-state index in [1.165, 1.54) is 10.1 Å². The van der Waals surface area contributed by atoms with Crippen LogP contribution in [0.1, 0.15) is 40.1 Å². The van der Waals surface area contributed by atoms with Crippen LogP contribution in [0.4, 0.5) is 0 Å². The van der Waals surface area contributed by atoms with Gasteiger partial charge in [0.05, 0.1) is 17.1 Å². The van der Waals surface area contributed by atoms with Gasteiger partial charge in [0.25, 0.3) is 11.5 Å². The molecule has 0 radical (unpaired) electrons. The standard InChI is InChI=1S/C20H19N5O2/c1-11-8-9-14(10-12(11)2)13(3)21-19(26)17-18-20(27)22-15-6-4-5-7-16(15)25(18)24-23-17/h4-10,13H,1-3H3,(H,21,26)(H,22,27). The van der Waals surface area contributed by atoms with E-state index < -0.39 is 11.5 Å². The predicted molar refractivity (Wildman–Crippen MR) is 103 cm³/mol. The maximum atomic E-state index is 12.8. The summed E-state index contributed by atoms with van der Waals surface area (Å²) in [5.41, 5.74) is 4.41. The van der Waals surface area contributed by atoms with Gasteiger partial charge in [0.15, 0.2) is 11.2 Å². The first-order chi connectivity index (χ1) is 13.0. The van der Waals surface area contributed by atoms with Crippen molar-refractivity contribution >= 4 is 22.5 Å². The van der Waals surface area contributed by atoms with Crippen molar-refractivity contribution in [3.63, 3.8) is 0 Å². The minimum Gasteiger partial charge on any atom is -0.344 e. The average molecular weight is 361 g/mol. The van der Waals surface area contributed by atoms with Gasteiger partial charge >= 0.3 is 0 Å². The van der Waals surface area contributed by atoms with E-state index in [0.29, 0.717) is 11.0 Å². The minimum absolute atomic E-state index is 0.0117. The summed E-state index contributed by atoms with van der Waals surface area (Å²) in [6.07, 6.45) is 0. The molecule has 0 spiro atoms. The fourth-order valence-corrected chi connectivity index (χ4v) is 3.13. The number of rotatable bonds is 3. The molecule has 0 saturated carbocycles. The van der Waals surface area contributed by atoms with Crippen LogP contribution in [-0.2, 0) is 0 Å². The fourth-order valence-electron chi connectivity index (χ4n) is 3.13. The Balaban J connectivity index is 1.71. The number of aromatic nitrogens is 4. The smallest absolute Gasteiger partial charge is 0.277 e. The van der Waals surface area contributed by atoms with Crippen molar-refractivity contribution in [2.45, 2.75) is 26.8 Å². The molecule has 2 heterocycles. The Labute approximate surface area is 155 Å². The first kappa shape index (κ1) is 17.0. The van der Waals surface area contributed by atoms with Gasteiger partial charge in [-0.25, -0.2) is 4.52 Å². The van der Waals surface area contributed by atoms with Crippen molar-refractivity contribution in [2.24, 2.45) is 0 Å². The number of amides is 1. The summed E-state index contributed by atoms with van der Waals surface area (Å²) in [4.78, 5) is 28.0. The van der Waals surface area contributed by atoms with Gasteiger partial charge in [0.1, 0.15) is 0 Å². The van der Waals surface area contributed by atoms with Crippen LogP contribution in [0.15, 0.2) is 47.3 Å². The summed E-state index contributed by atoms with van der Waals surface area (Å²) >= 11 is 0. The highest BCUT2D eigenvalue weighted by Gasteiger charge is 2.21. The zero-order valence-electron chi connectivity index (χ0n) is 15.3. The third kappa shape index (κ3) is 2.87. The number of nitrogens with one attached hydrogen (secondary N) is 2. The van der Waals surface area contributed by atoms with Crippen LogP contribution >= 0.6 is 0 Å². The number of aryl methyl sites for hydroxylation is 2. The topological polar surface area (TPSA) is 92.2 Å².